The SMILES string of the molecule is C[PH](C)(C)Br. The van der Waals surface area contributed by atoms with E-state index in [4.69, 9.17) is 0 Å². The van der Waals surface area contributed by atoms with E-state index in [2.05, 4.69) is 35.5 Å². The first-order valence-corrected chi connectivity index (χ1v) is 7.45. The molecule has 0 aromatic heterocycles. The minimum absolute atomic E-state index is 0.799. The third-order valence-corrected chi connectivity index (χ3v) is 0. The van der Waals surface area contributed by atoms with Crippen LogP contribution in [0.15, 0.2) is 0 Å². The van der Waals surface area contributed by atoms with Gasteiger partial charge in [-0.05, 0) is 0 Å². The van der Waals surface area contributed by atoms with Gasteiger partial charge in [0.05, 0.1) is 0 Å². The maximum absolute atomic E-state index is 3.51. The van der Waals surface area contributed by atoms with Gasteiger partial charge in [-0.3, -0.25) is 0 Å². The molecule has 0 unspecified atom stereocenters. The zero-order chi connectivity index (χ0) is 4.50. The average Bonchev–Trinajstić information content (AvgIpc) is 0.722. The Labute approximate surface area is 42.0 Å². The van der Waals surface area contributed by atoms with E-state index in [1.165, 1.54) is 0 Å². The van der Waals surface area contributed by atoms with Crippen molar-refractivity contribution in [3.63, 3.8) is 0 Å². The molecule has 0 spiro atoms. The van der Waals surface area contributed by atoms with Crippen LogP contribution in [0.3, 0.4) is 0 Å². The fraction of sp³-hybridized carbons (Fsp3) is 1.00. The first-order chi connectivity index (χ1) is 2.00. The average molecular weight is 157 g/mol. The van der Waals surface area contributed by atoms with Crippen LogP contribution < -0.4 is 0 Å². The van der Waals surface area contributed by atoms with Gasteiger partial charge in [-0.25, -0.2) is 0 Å². The molecule has 0 radical (unpaired) electrons. The van der Waals surface area contributed by atoms with E-state index < -0.39 is 5.96 Å². The molecular formula is C3H10BrP. The zero-order valence-corrected chi connectivity index (χ0v) is 6.46. The Morgan fingerprint density at radius 1 is 1.20 bits per heavy atom. The monoisotopic (exact) mass is 156 g/mol. The van der Waals surface area contributed by atoms with Crippen molar-refractivity contribution in [3.05, 3.63) is 0 Å². The molecule has 0 amide bonds. The Bertz CT molecular complexity index is 22.4. The maximum atomic E-state index is 3.51. The van der Waals surface area contributed by atoms with E-state index in [1.807, 2.05) is 0 Å². The number of halogens is 1. The predicted octanol–water partition coefficient (Wildman–Crippen LogP) is 1.94. The molecule has 0 aliphatic rings. The Kier molecular flexibility index (Phi) is 1.86. The van der Waals surface area contributed by atoms with Crippen LogP contribution in [0.25, 0.3) is 0 Å². The van der Waals surface area contributed by atoms with Gasteiger partial charge in [0, 0.05) is 0 Å². The molecule has 0 aromatic carbocycles. The van der Waals surface area contributed by atoms with Crippen LogP contribution in [0.5, 0.6) is 0 Å². The quantitative estimate of drug-likeness (QED) is 0.471. The Balaban J connectivity index is 3.02. The Morgan fingerprint density at radius 3 is 1.20 bits per heavy atom. The molecule has 0 rings (SSSR count). The van der Waals surface area contributed by atoms with E-state index in [1.54, 1.807) is 0 Å². The van der Waals surface area contributed by atoms with Gasteiger partial charge in [0.15, 0.2) is 0 Å². The number of rotatable bonds is 0. The second-order valence-electron chi connectivity index (χ2n) is 2.07. The van der Waals surface area contributed by atoms with Gasteiger partial charge in [-0.2, -0.15) is 0 Å². The fourth-order valence-electron chi connectivity index (χ4n) is 0. The molecule has 0 heterocycles. The summed E-state index contributed by atoms with van der Waals surface area (Å²) in [6, 6.07) is 0. The first-order valence-electron chi connectivity index (χ1n) is 1.69. The molecule has 0 saturated heterocycles. The van der Waals surface area contributed by atoms with E-state index in [9.17, 15) is 0 Å². The zero-order valence-electron chi connectivity index (χ0n) is 3.88. The minimum atomic E-state index is -0.799. The van der Waals surface area contributed by atoms with E-state index in [-0.39, 0.29) is 0 Å². The van der Waals surface area contributed by atoms with Crippen molar-refractivity contribution in [1.29, 1.82) is 0 Å². The van der Waals surface area contributed by atoms with Crippen LogP contribution in [-0.4, -0.2) is 20.0 Å². The van der Waals surface area contributed by atoms with Crippen LogP contribution in [0.4, 0.5) is 0 Å². The van der Waals surface area contributed by atoms with Crippen LogP contribution in [0.2, 0.25) is 0 Å². The molecule has 0 fully saturated rings. The first kappa shape index (κ1) is 5.91. The van der Waals surface area contributed by atoms with Gasteiger partial charge in [-0.15, -0.1) is 0 Å². The molecule has 0 aromatic rings. The summed E-state index contributed by atoms with van der Waals surface area (Å²) in [5.41, 5.74) is 0. The molecule has 2 heteroatoms. The summed E-state index contributed by atoms with van der Waals surface area (Å²) in [6.07, 6.45) is 0. The van der Waals surface area contributed by atoms with E-state index >= 15 is 0 Å². The molecule has 34 valence electrons. The number of hydrogen-bond acceptors (Lipinski definition) is 0. The van der Waals surface area contributed by atoms with Gasteiger partial charge in [-0.1, -0.05) is 0 Å². The second kappa shape index (κ2) is 1.57. The molecule has 0 aliphatic heterocycles. The van der Waals surface area contributed by atoms with Crippen molar-refractivity contribution in [2.24, 2.45) is 0 Å². The molecule has 0 atom stereocenters. The Hall–Kier alpha value is 0.910. The van der Waals surface area contributed by atoms with E-state index in [0.29, 0.717) is 0 Å². The molecule has 0 nitrogen and oxygen atoms in total. The van der Waals surface area contributed by atoms with Crippen molar-refractivity contribution >= 4 is 21.5 Å². The molecule has 0 bridgehead atoms. The summed E-state index contributed by atoms with van der Waals surface area (Å²) in [5.74, 6) is -0.799. The summed E-state index contributed by atoms with van der Waals surface area (Å²) in [5, 5.41) is 0. The van der Waals surface area contributed by atoms with Crippen molar-refractivity contribution in [2.45, 2.75) is 0 Å². The van der Waals surface area contributed by atoms with Crippen molar-refractivity contribution in [2.75, 3.05) is 20.0 Å². The van der Waals surface area contributed by atoms with Crippen LogP contribution in [-0.2, 0) is 0 Å². The van der Waals surface area contributed by atoms with Crippen LogP contribution >= 0.6 is 21.5 Å². The summed E-state index contributed by atoms with van der Waals surface area (Å²) >= 11 is 3.51. The van der Waals surface area contributed by atoms with Gasteiger partial charge in [0.2, 0.25) is 0 Å². The van der Waals surface area contributed by atoms with Crippen LogP contribution in [0.1, 0.15) is 0 Å². The van der Waals surface area contributed by atoms with Gasteiger partial charge in [0.1, 0.15) is 0 Å². The van der Waals surface area contributed by atoms with E-state index in [0.717, 1.165) is 0 Å². The summed E-state index contributed by atoms with van der Waals surface area (Å²) in [4.78, 5) is 0. The Morgan fingerprint density at radius 2 is 1.20 bits per heavy atom. The molecule has 0 saturated carbocycles. The van der Waals surface area contributed by atoms with Crippen molar-refractivity contribution in [3.8, 4) is 0 Å². The number of hydrogen-bond donors (Lipinski definition) is 0. The molecule has 5 heavy (non-hydrogen) atoms. The normalized spacial score (nSPS) is 15.2. The van der Waals surface area contributed by atoms with Gasteiger partial charge in [0.25, 0.3) is 0 Å². The second-order valence-corrected chi connectivity index (χ2v) is 13.3. The topological polar surface area (TPSA) is 0 Å². The molecular weight excluding hydrogens is 147 g/mol. The predicted molar refractivity (Wildman–Crippen MR) is 35.0 cm³/mol. The standard InChI is InChI=1S/C3H10BrP/c1-5(2,3)4/h5H,1-3H3. The van der Waals surface area contributed by atoms with Gasteiger partial charge >= 0.3 is 41.4 Å². The summed E-state index contributed by atoms with van der Waals surface area (Å²) in [6.45, 7) is 6.73. The van der Waals surface area contributed by atoms with Crippen molar-refractivity contribution < 1.29 is 0 Å². The fourth-order valence-corrected chi connectivity index (χ4v) is 0. The third kappa shape index (κ3) is 50.2. The third-order valence-electron chi connectivity index (χ3n) is 0. The summed E-state index contributed by atoms with van der Waals surface area (Å²) in [7, 11) is 0. The molecule has 0 aliphatic carbocycles. The summed E-state index contributed by atoms with van der Waals surface area (Å²) < 4.78 is 0. The molecule has 0 N–H and O–H groups in total. The van der Waals surface area contributed by atoms with Gasteiger partial charge < -0.3 is 0 Å². The van der Waals surface area contributed by atoms with Crippen molar-refractivity contribution in [1.82, 2.24) is 0 Å². The van der Waals surface area contributed by atoms with Crippen LogP contribution in [0, 0.1) is 0 Å².